The molecule has 6 heteroatoms. The average molecular weight is 274 g/mol. The van der Waals surface area contributed by atoms with Crippen LogP contribution in [0.25, 0.3) is 0 Å². The molecule has 1 aromatic carbocycles. The summed E-state index contributed by atoms with van der Waals surface area (Å²) in [5.74, 6) is 0.317. The highest BCUT2D eigenvalue weighted by molar-refractivity contribution is 5.89. The first kappa shape index (κ1) is 13.9. The second-order valence-corrected chi connectivity index (χ2v) is 4.21. The van der Waals surface area contributed by atoms with Gasteiger partial charge in [-0.05, 0) is 30.7 Å². The van der Waals surface area contributed by atoms with Crippen LogP contribution >= 0.6 is 0 Å². The molecular formula is C14H15FN4O. The average Bonchev–Trinajstić information content (AvgIpc) is 2.44. The van der Waals surface area contributed by atoms with Gasteiger partial charge >= 0.3 is 0 Å². The molecule has 0 aliphatic rings. The zero-order valence-electron chi connectivity index (χ0n) is 11.1. The molecule has 104 valence electrons. The van der Waals surface area contributed by atoms with Crippen molar-refractivity contribution in [1.29, 1.82) is 0 Å². The van der Waals surface area contributed by atoms with Gasteiger partial charge in [-0.2, -0.15) is 0 Å². The highest BCUT2D eigenvalue weighted by Gasteiger charge is 2.04. The van der Waals surface area contributed by atoms with Crippen LogP contribution in [0.1, 0.15) is 19.8 Å². The summed E-state index contributed by atoms with van der Waals surface area (Å²) in [5, 5.41) is 13.2. The molecule has 0 atom stereocenters. The third kappa shape index (κ3) is 3.74. The van der Waals surface area contributed by atoms with E-state index < -0.39 is 0 Å². The highest BCUT2D eigenvalue weighted by Crippen LogP contribution is 2.17. The van der Waals surface area contributed by atoms with Crippen LogP contribution in [0.2, 0.25) is 0 Å². The molecule has 2 aromatic rings. The fourth-order valence-corrected chi connectivity index (χ4v) is 1.60. The third-order valence-electron chi connectivity index (χ3n) is 2.55. The summed E-state index contributed by atoms with van der Waals surface area (Å²) in [6, 6.07) is 9.53. The maximum atomic E-state index is 13.4. The lowest BCUT2D eigenvalue weighted by Crippen LogP contribution is -2.12. The van der Waals surface area contributed by atoms with Gasteiger partial charge in [0.25, 0.3) is 0 Å². The lowest BCUT2D eigenvalue weighted by molar-refractivity contribution is -0.116. The van der Waals surface area contributed by atoms with Gasteiger partial charge in [-0.1, -0.05) is 19.1 Å². The van der Waals surface area contributed by atoms with Crippen LogP contribution in [-0.2, 0) is 4.79 Å². The minimum atomic E-state index is -0.366. The summed E-state index contributed by atoms with van der Waals surface area (Å²) in [5.41, 5.74) is 0.324. The van der Waals surface area contributed by atoms with Crippen molar-refractivity contribution in [3.8, 4) is 0 Å². The first-order chi connectivity index (χ1) is 9.69. The molecule has 0 spiro atoms. The molecule has 0 saturated carbocycles. The second-order valence-electron chi connectivity index (χ2n) is 4.21. The SMILES string of the molecule is CCCC(=O)Nc1ccc(Nc2ccccc2F)nn1. The first-order valence-corrected chi connectivity index (χ1v) is 6.34. The van der Waals surface area contributed by atoms with Gasteiger partial charge in [0, 0.05) is 6.42 Å². The van der Waals surface area contributed by atoms with Gasteiger partial charge in [0.1, 0.15) is 5.82 Å². The number of nitrogens with zero attached hydrogens (tertiary/aromatic N) is 2. The molecular weight excluding hydrogens is 259 g/mol. The van der Waals surface area contributed by atoms with Gasteiger partial charge in [0.2, 0.25) is 5.91 Å². The van der Waals surface area contributed by atoms with Crippen LogP contribution in [0.4, 0.5) is 21.7 Å². The number of hydrogen-bond acceptors (Lipinski definition) is 4. The zero-order valence-corrected chi connectivity index (χ0v) is 11.1. The molecule has 0 radical (unpaired) electrons. The Morgan fingerprint density at radius 1 is 1.15 bits per heavy atom. The highest BCUT2D eigenvalue weighted by atomic mass is 19.1. The number of aromatic nitrogens is 2. The number of hydrogen-bond donors (Lipinski definition) is 2. The lowest BCUT2D eigenvalue weighted by atomic mass is 10.3. The number of amides is 1. The van der Waals surface area contributed by atoms with E-state index >= 15 is 0 Å². The summed E-state index contributed by atoms with van der Waals surface area (Å²) in [6.07, 6.45) is 1.21. The predicted octanol–water partition coefficient (Wildman–Crippen LogP) is 3.10. The van der Waals surface area contributed by atoms with Crippen molar-refractivity contribution < 1.29 is 9.18 Å². The molecule has 1 amide bonds. The third-order valence-corrected chi connectivity index (χ3v) is 2.55. The molecule has 1 heterocycles. The lowest BCUT2D eigenvalue weighted by Gasteiger charge is -2.07. The van der Waals surface area contributed by atoms with Crippen molar-refractivity contribution in [3.05, 3.63) is 42.2 Å². The number of anilines is 3. The van der Waals surface area contributed by atoms with E-state index in [-0.39, 0.29) is 11.7 Å². The van der Waals surface area contributed by atoms with E-state index in [9.17, 15) is 9.18 Å². The van der Waals surface area contributed by atoms with Crippen molar-refractivity contribution in [3.63, 3.8) is 0 Å². The Kier molecular flexibility index (Phi) is 4.60. The molecule has 0 fully saturated rings. The topological polar surface area (TPSA) is 66.9 Å². The van der Waals surface area contributed by atoms with Crippen LogP contribution < -0.4 is 10.6 Å². The monoisotopic (exact) mass is 274 g/mol. The van der Waals surface area contributed by atoms with Gasteiger partial charge in [0.05, 0.1) is 5.69 Å². The molecule has 1 aromatic heterocycles. The Hall–Kier alpha value is -2.50. The van der Waals surface area contributed by atoms with Crippen LogP contribution in [0.3, 0.4) is 0 Å². The Labute approximate surface area is 116 Å². The Morgan fingerprint density at radius 2 is 1.85 bits per heavy atom. The van der Waals surface area contributed by atoms with Crippen molar-refractivity contribution in [2.45, 2.75) is 19.8 Å². The summed E-state index contributed by atoms with van der Waals surface area (Å²) < 4.78 is 13.4. The van der Waals surface area contributed by atoms with E-state index in [0.717, 1.165) is 6.42 Å². The van der Waals surface area contributed by atoms with Gasteiger partial charge in [-0.15, -0.1) is 10.2 Å². The molecule has 0 aliphatic carbocycles. The molecule has 20 heavy (non-hydrogen) atoms. The number of rotatable bonds is 5. The van der Waals surface area contributed by atoms with E-state index in [2.05, 4.69) is 20.8 Å². The predicted molar refractivity (Wildman–Crippen MR) is 75.3 cm³/mol. The second kappa shape index (κ2) is 6.60. The van der Waals surface area contributed by atoms with Crippen LogP contribution in [0.15, 0.2) is 36.4 Å². The normalized spacial score (nSPS) is 10.1. The minimum absolute atomic E-state index is 0.100. The standard InChI is InChI=1S/C14H15FN4O/c1-2-5-14(20)17-13-9-8-12(18-19-13)16-11-7-4-3-6-10(11)15/h3-4,6-9H,2,5H2,1H3,(H,16,18)(H,17,19,20). The van der Waals surface area contributed by atoms with Crippen molar-refractivity contribution in [2.75, 3.05) is 10.6 Å². The molecule has 0 bridgehead atoms. The Bertz CT molecular complexity index is 586. The maximum Gasteiger partial charge on any atom is 0.225 e. The number of carbonyl (C=O) groups is 1. The molecule has 2 N–H and O–H groups in total. The maximum absolute atomic E-state index is 13.4. The van der Waals surface area contributed by atoms with Gasteiger partial charge in [-0.3, -0.25) is 4.79 Å². The largest absolute Gasteiger partial charge is 0.336 e. The van der Waals surface area contributed by atoms with Crippen LogP contribution in [-0.4, -0.2) is 16.1 Å². The fraction of sp³-hybridized carbons (Fsp3) is 0.214. The van der Waals surface area contributed by atoms with E-state index in [4.69, 9.17) is 0 Å². The number of benzene rings is 1. The summed E-state index contributed by atoms with van der Waals surface area (Å²) in [6.45, 7) is 1.92. The van der Waals surface area contributed by atoms with E-state index in [1.54, 1.807) is 30.3 Å². The van der Waals surface area contributed by atoms with E-state index in [1.165, 1.54) is 6.07 Å². The van der Waals surface area contributed by atoms with E-state index in [1.807, 2.05) is 6.92 Å². The number of para-hydroxylation sites is 1. The summed E-state index contributed by atoms with van der Waals surface area (Å²) in [4.78, 5) is 11.4. The van der Waals surface area contributed by atoms with Crippen LogP contribution in [0, 0.1) is 5.82 Å². The Morgan fingerprint density at radius 3 is 2.50 bits per heavy atom. The molecule has 2 rings (SSSR count). The first-order valence-electron chi connectivity index (χ1n) is 6.34. The smallest absolute Gasteiger partial charge is 0.225 e. The fourth-order valence-electron chi connectivity index (χ4n) is 1.60. The van der Waals surface area contributed by atoms with Gasteiger partial charge in [-0.25, -0.2) is 4.39 Å². The minimum Gasteiger partial charge on any atom is -0.336 e. The van der Waals surface area contributed by atoms with Gasteiger partial charge in [0.15, 0.2) is 11.6 Å². The van der Waals surface area contributed by atoms with Crippen molar-refractivity contribution in [1.82, 2.24) is 10.2 Å². The molecule has 5 nitrogen and oxygen atoms in total. The van der Waals surface area contributed by atoms with E-state index in [0.29, 0.717) is 23.7 Å². The number of nitrogens with one attached hydrogen (secondary N) is 2. The summed E-state index contributed by atoms with van der Waals surface area (Å²) in [7, 11) is 0. The van der Waals surface area contributed by atoms with Crippen LogP contribution in [0.5, 0.6) is 0 Å². The molecule has 0 saturated heterocycles. The Balaban J connectivity index is 2.02. The summed E-state index contributed by atoms with van der Waals surface area (Å²) >= 11 is 0. The zero-order chi connectivity index (χ0) is 14.4. The number of carbonyl (C=O) groups excluding carboxylic acids is 1. The molecule has 0 unspecified atom stereocenters. The van der Waals surface area contributed by atoms with Gasteiger partial charge < -0.3 is 10.6 Å². The van der Waals surface area contributed by atoms with Crippen molar-refractivity contribution in [2.24, 2.45) is 0 Å². The number of halogens is 1. The van der Waals surface area contributed by atoms with Crippen molar-refractivity contribution >= 4 is 23.2 Å². The molecule has 0 aliphatic heterocycles. The quantitative estimate of drug-likeness (QED) is 0.879.